The molecule has 6 atom stereocenters. The molecular formula is C36H32ClFN2O6. The Kier molecular flexibility index (Phi) is 7.56. The smallest absolute Gasteiger partial charge is 0.241 e. The van der Waals surface area contributed by atoms with Crippen molar-refractivity contribution in [1.29, 1.82) is 0 Å². The number of amides is 4. The maximum absolute atomic E-state index is 14.6. The van der Waals surface area contributed by atoms with E-state index in [0.29, 0.717) is 17.7 Å². The Labute approximate surface area is 270 Å². The van der Waals surface area contributed by atoms with Crippen molar-refractivity contribution in [2.24, 2.45) is 29.1 Å². The van der Waals surface area contributed by atoms with Crippen molar-refractivity contribution in [1.82, 2.24) is 4.90 Å². The molecule has 2 aliphatic carbocycles. The van der Waals surface area contributed by atoms with Crippen LogP contribution in [-0.2, 0) is 25.7 Å². The van der Waals surface area contributed by atoms with Gasteiger partial charge in [0.15, 0.2) is 0 Å². The number of halogens is 2. The van der Waals surface area contributed by atoms with E-state index in [-0.39, 0.29) is 48.7 Å². The van der Waals surface area contributed by atoms with Crippen molar-refractivity contribution in [3.8, 4) is 5.75 Å². The Morgan fingerprint density at radius 2 is 1.70 bits per heavy atom. The number of likely N-dealkylation sites (tertiary alicyclic amines) is 1. The first-order valence-corrected chi connectivity index (χ1v) is 15.8. The Balaban J connectivity index is 1.35. The van der Waals surface area contributed by atoms with Gasteiger partial charge in [0.05, 0.1) is 47.0 Å². The van der Waals surface area contributed by atoms with Crippen molar-refractivity contribution in [3.05, 3.63) is 106 Å². The number of rotatable bonds is 7. The number of carbonyl (C=O) groups is 4. The SMILES string of the molecule is C[C@@]12C(=O)N(c3ccc(F)c(Cl)c3)C(=O)[C@@H]1C[C@@H]1C(=CC[C@@H]3C(=O)N(Cc4ccccc4)C(=O)[C@@H]31)[C@@H]2c1ccccc1OCCO. The van der Waals surface area contributed by atoms with Gasteiger partial charge in [-0.3, -0.25) is 24.1 Å². The second kappa shape index (κ2) is 11.5. The minimum absolute atomic E-state index is 0.0194. The minimum atomic E-state index is -1.30. The van der Waals surface area contributed by atoms with E-state index >= 15 is 0 Å². The normalized spacial score (nSPS) is 28.6. The minimum Gasteiger partial charge on any atom is -0.491 e. The summed E-state index contributed by atoms with van der Waals surface area (Å²) >= 11 is 6.09. The summed E-state index contributed by atoms with van der Waals surface area (Å²) in [6.07, 6.45) is 2.49. The summed E-state index contributed by atoms with van der Waals surface area (Å²) in [5.74, 6) is -4.95. The van der Waals surface area contributed by atoms with Crippen molar-refractivity contribution >= 4 is 40.9 Å². The largest absolute Gasteiger partial charge is 0.491 e. The van der Waals surface area contributed by atoms with E-state index in [1.54, 1.807) is 19.1 Å². The molecule has 1 saturated carbocycles. The molecule has 10 heteroatoms. The van der Waals surface area contributed by atoms with Gasteiger partial charge in [0.1, 0.15) is 18.2 Å². The van der Waals surface area contributed by atoms with E-state index in [9.17, 15) is 28.7 Å². The molecule has 46 heavy (non-hydrogen) atoms. The second-order valence-corrected chi connectivity index (χ2v) is 13.0. The fraction of sp³-hybridized carbons (Fsp3) is 0.333. The van der Waals surface area contributed by atoms with Crippen LogP contribution in [0.2, 0.25) is 5.02 Å². The molecule has 2 aliphatic heterocycles. The zero-order valence-corrected chi connectivity index (χ0v) is 25.8. The van der Waals surface area contributed by atoms with Crippen LogP contribution >= 0.6 is 11.6 Å². The number of nitrogens with zero attached hydrogens (tertiary/aromatic N) is 2. The Hall–Kier alpha value is -4.34. The fourth-order valence-corrected chi connectivity index (χ4v) is 8.40. The molecule has 4 amide bonds. The number of imide groups is 2. The lowest BCUT2D eigenvalue weighted by molar-refractivity contribution is -0.141. The number of anilines is 1. The summed E-state index contributed by atoms with van der Waals surface area (Å²) in [5, 5.41) is 9.31. The van der Waals surface area contributed by atoms with Gasteiger partial charge in [0, 0.05) is 11.5 Å². The predicted molar refractivity (Wildman–Crippen MR) is 167 cm³/mol. The number of ether oxygens (including phenoxy) is 1. The van der Waals surface area contributed by atoms with Crippen LogP contribution in [0.5, 0.6) is 5.75 Å². The Bertz CT molecular complexity index is 1800. The zero-order valence-electron chi connectivity index (χ0n) is 25.1. The molecule has 1 N–H and O–H groups in total. The highest BCUT2D eigenvalue weighted by molar-refractivity contribution is 6.31. The summed E-state index contributed by atoms with van der Waals surface area (Å²) in [6, 6.07) is 20.3. The van der Waals surface area contributed by atoms with E-state index < -0.39 is 52.6 Å². The van der Waals surface area contributed by atoms with Gasteiger partial charge < -0.3 is 9.84 Å². The molecule has 0 unspecified atom stereocenters. The molecule has 2 saturated heterocycles. The number of para-hydroxylation sites is 1. The zero-order chi connectivity index (χ0) is 32.3. The summed E-state index contributed by atoms with van der Waals surface area (Å²) in [7, 11) is 0. The molecule has 3 aromatic carbocycles. The van der Waals surface area contributed by atoms with Crippen LogP contribution in [0.15, 0.2) is 84.4 Å². The summed E-state index contributed by atoms with van der Waals surface area (Å²) < 4.78 is 20.1. The summed E-state index contributed by atoms with van der Waals surface area (Å²) in [6.45, 7) is 1.72. The lowest BCUT2D eigenvalue weighted by atomic mass is 9.51. The molecule has 3 aromatic rings. The third kappa shape index (κ3) is 4.51. The van der Waals surface area contributed by atoms with E-state index in [1.807, 2.05) is 48.5 Å². The molecule has 2 heterocycles. The van der Waals surface area contributed by atoms with Gasteiger partial charge in [-0.15, -0.1) is 0 Å². The Morgan fingerprint density at radius 3 is 2.43 bits per heavy atom. The van der Waals surface area contributed by atoms with Crippen molar-refractivity contribution in [2.75, 3.05) is 18.1 Å². The number of fused-ring (bicyclic) bond motifs is 4. The first kappa shape index (κ1) is 30.3. The second-order valence-electron chi connectivity index (χ2n) is 12.6. The van der Waals surface area contributed by atoms with Crippen LogP contribution in [0.1, 0.15) is 36.8 Å². The highest BCUT2D eigenvalue weighted by Gasteiger charge is 2.68. The third-order valence-electron chi connectivity index (χ3n) is 10.3. The van der Waals surface area contributed by atoms with Gasteiger partial charge >= 0.3 is 0 Å². The van der Waals surface area contributed by atoms with Crippen LogP contribution in [0.25, 0.3) is 0 Å². The monoisotopic (exact) mass is 642 g/mol. The number of carbonyl (C=O) groups excluding carboxylic acids is 4. The molecular weight excluding hydrogens is 611 g/mol. The number of allylic oxidation sites excluding steroid dienone is 2. The topological polar surface area (TPSA) is 104 Å². The Morgan fingerprint density at radius 1 is 0.957 bits per heavy atom. The van der Waals surface area contributed by atoms with Crippen LogP contribution in [-0.4, -0.2) is 46.8 Å². The van der Waals surface area contributed by atoms with Gasteiger partial charge in [-0.25, -0.2) is 9.29 Å². The molecule has 0 spiro atoms. The summed E-state index contributed by atoms with van der Waals surface area (Å²) in [4.78, 5) is 59.2. The molecule has 7 rings (SSSR count). The number of hydrogen-bond donors (Lipinski definition) is 1. The highest BCUT2D eigenvalue weighted by Crippen LogP contribution is 2.64. The molecule has 8 nitrogen and oxygen atoms in total. The van der Waals surface area contributed by atoms with E-state index in [2.05, 4.69) is 0 Å². The number of aliphatic hydroxyl groups excluding tert-OH is 1. The van der Waals surface area contributed by atoms with Gasteiger partial charge in [0.2, 0.25) is 23.6 Å². The maximum atomic E-state index is 14.6. The first-order chi connectivity index (χ1) is 22.2. The predicted octanol–water partition coefficient (Wildman–Crippen LogP) is 5.28. The number of benzene rings is 3. The van der Waals surface area contributed by atoms with Crippen molar-refractivity contribution < 1.29 is 33.4 Å². The molecule has 0 radical (unpaired) electrons. The fourth-order valence-electron chi connectivity index (χ4n) is 8.22. The van der Waals surface area contributed by atoms with Crippen LogP contribution < -0.4 is 9.64 Å². The average molecular weight is 643 g/mol. The molecule has 3 fully saturated rings. The lowest BCUT2D eigenvalue weighted by Gasteiger charge is -2.49. The van der Waals surface area contributed by atoms with E-state index in [0.717, 1.165) is 22.1 Å². The van der Waals surface area contributed by atoms with Crippen LogP contribution in [0.3, 0.4) is 0 Å². The van der Waals surface area contributed by atoms with E-state index in [4.69, 9.17) is 16.3 Å². The molecule has 4 aliphatic rings. The number of hydrogen-bond acceptors (Lipinski definition) is 6. The van der Waals surface area contributed by atoms with Gasteiger partial charge in [-0.2, -0.15) is 0 Å². The average Bonchev–Trinajstić information content (AvgIpc) is 3.41. The van der Waals surface area contributed by atoms with Crippen LogP contribution in [0.4, 0.5) is 10.1 Å². The van der Waals surface area contributed by atoms with Gasteiger partial charge in [0.25, 0.3) is 0 Å². The van der Waals surface area contributed by atoms with Crippen molar-refractivity contribution in [3.63, 3.8) is 0 Å². The summed E-state index contributed by atoms with van der Waals surface area (Å²) in [5.41, 5.74) is 1.17. The van der Waals surface area contributed by atoms with E-state index in [1.165, 1.54) is 17.0 Å². The first-order valence-electron chi connectivity index (χ1n) is 15.4. The lowest BCUT2D eigenvalue weighted by Crippen LogP contribution is -2.49. The third-order valence-corrected chi connectivity index (χ3v) is 10.6. The van der Waals surface area contributed by atoms with Gasteiger partial charge in [-0.1, -0.05) is 71.8 Å². The number of aliphatic hydroxyl groups is 1. The van der Waals surface area contributed by atoms with Crippen molar-refractivity contribution in [2.45, 2.75) is 32.2 Å². The van der Waals surface area contributed by atoms with Crippen LogP contribution in [0, 0.1) is 34.9 Å². The maximum Gasteiger partial charge on any atom is 0.241 e. The quantitative estimate of drug-likeness (QED) is 0.278. The van der Waals surface area contributed by atoms with Gasteiger partial charge in [-0.05, 0) is 55.5 Å². The highest BCUT2D eigenvalue weighted by atomic mass is 35.5. The molecule has 0 bridgehead atoms. The standard InChI is InChI=1S/C36H32ClFN2O6/c1-36-26(33(43)40(35(36)45)21-11-14-28(38)27(37)17-21)18-25-22(31(36)23-9-5-6-10-29(23)46-16-15-41)12-13-24-30(25)34(44)39(32(24)42)19-20-7-3-2-4-8-20/h2-12,14,17,24-26,30-31,41H,13,15-16,18-19H2,1H3/t24-,25+,26-,30-,31+,36+/m0/s1. The molecule has 0 aromatic heterocycles. The molecule has 236 valence electrons.